The maximum Gasteiger partial charge on any atom is 0.202 e. The Labute approximate surface area is 80.9 Å². The van der Waals surface area contributed by atoms with Crippen molar-refractivity contribution >= 4 is 21.4 Å². The van der Waals surface area contributed by atoms with Gasteiger partial charge in [-0.1, -0.05) is 11.6 Å². The lowest BCUT2D eigenvalue weighted by molar-refractivity contribution is 0.586. The maximum atomic E-state index is 11.5. The molecule has 0 fully saturated rings. The third-order valence-electron chi connectivity index (χ3n) is 1.94. The van der Waals surface area contributed by atoms with E-state index < -0.39 is 15.4 Å². The van der Waals surface area contributed by atoms with E-state index in [2.05, 4.69) is 10.2 Å². The van der Waals surface area contributed by atoms with Crippen molar-refractivity contribution in [2.24, 2.45) is 10.2 Å². The molecule has 0 bridgehead atoms. The van der Waals surface area contributed by atoms with Crippen LogP contribution in [0.4, 0.5) is 0 Å². The van der Waals surface area contributed by atoms with Gasteiger partial charge in [-0.3, -0.25) is 0 Å². The number of allylic oxidation sites excluding steroid dienone is 1. The van der Waals surface area contributed by atoms with E-state index in [0.717, 1.165) is 5.41 Å². The lowest BCUT2D eigenvalue weighted by Gasteiger charge is -2.13. The van der Waals surface area contributed by atoms with E-state index in [0.29, 0.717) is 5.70 Å². The fourth-order valence-electron chi connectivity index (χ4n) is 1.45. The summed E-state index contributed by atoms with van der Waals surface area (Å²) < 4.78 is 23.1. The minimum atomic E-state index is -3.38. The van der Waals surface area contributed by atoms with Crippen molar-refractivity contribution in [1.82, 2.24) is 0 Å². The van der Waals surface area contributed by atoms with Gasteiger partial charge in [0.2, 0.25) is 9.84 Å². The van der Waals surface area contributed by atoms with E-state index in [1.54, 1.807) is 13.8 Å². The molecule has 70 valence electrons. The molecule has 0 amide bonds. The zero-order valence-corrected chi connectivity index (χ0v) is 8.65. The highest BCUT2D eigenvalue weighted by molar-refractivity contribution is 7.98. The summed E-state index contributed by atoms with van der Waals surface area (Å²) >= 11 is 5.70. The van der Waals surface area contributed by atoms with Crippen LogP contribution in [0.2, 0.25) is 0 Å². The minimum Gasteiger partial charge on any atom is -0.219 e. The molecule has 0 aromatic heterocycles. The standard InChI is InChI=1S/C7H7ClN2O2S/c1-7(2)6-5(9-10-7)4(8)3-13(6,11)12/h3H,1-2H3. The molecule has 6 heteroatoms. The Morgan fingerprint density at radius 1 is 1.46 bits per heavy atom. The zero-order valence-electron chi connectivity index (χ0n) is 7.07. The van der Waals surface area contributed by atoms with E-state index in [4.69, 9.17) is 11.6 Å². The number of hydrogen-bond acceptors (Lipinski definition) is 4. The van der Waals surface area contributed by atoms with Crippen LogP contribution in [0.1, 0.15) is 13.8 Å². The van der Waals surface area contributed by atoms with E-state index in [9.17, 15) is 8.42 Å². The van der Waals surface area contributed by atoms with E-state index in [-0.39, 0.29) is 9.94 Å². The SMILES string of the molecule is CC1(C)N=NC2=C1S(=O)(=O)C=C2Cl. The molecule has 0 saturated carbocycles. The van der Waals surface area contributed by atoms with Crippen molar-refractivity contribution in [3.63, 3.8) is 0 Å². The molecule has 0 aromatic rings. The fraction of sp³-hybridized carbons (Fsp3) is 0.429. The number of rotatable bonds is 0. The van der Waals surface area contributed by atoms with Gasteiger partial charge < -0.3 is 0 Å². The maximum absolute atomic E-state index is 11.5. The van der Waals surface area contributed by atoms with Crippen LogP contribution in [0, 0.1) is 0 Å². The summed E-state index contributed by atoms with van der Waals surface area (Å²) in [5.74, 6) is 0. The number of azo groups is 1. The van der Waals surface area contributed by atoms with Crippen molar-refractivity contribution in [1.29, 1.82) is 0 Å². The molecule has 4 nitrogen and oxygen atoms in total. The minimum absolute atomic E-state index is 0.157. The Hall–Kier alpha value is -0.680. The van der Waals surface area contributed by atoms with Crippen molar-refractivity contribution in [2.45, 2.75) is 19.4 Å². The molecule has 0 N–H and O–H groups in total. The molecule has 2 rings (SSSR count). The Balaban J connectivity index is 2.74. The first-order valence-electron chi connectivity index (χ1n) is 3.65. The Kier molecular flexibility index (Phi) is 1.52. The van der Waals surface area contributed by atoms with Crippen LogP contribution in [0.3, 0.4) is 0 Å². The molecule has 0 spiro atoms. The summed E-state index contributed by atoms with van der Waals surface area (Å²) in [7, 11) is -3.38. The normalized spacial score (nSPS) is 27.8. The van der Waals surface area contributed by atoms with Gasteiger partial charge in [-0.05, 0) is 13.8 Å². The summed E-state index contributed by atoms with van der Waals surface area (Å²) in [5.41, 5.74) is -0.479. The number of sulfone groups is 1. The topological polar surface area (TPSA) is 58.9 Å². The van der Waals surface area contributed by atoms with E-state index >= 15 is 0 Å². The molecule has 0 aliphatic carbocycles. The average Bonchev–Trinajstić information content (AvgIpc) is 2.34. The predicted molar refractivity (Wildman–Crippen MR) is 48.8 cm³/mol. The van der Waals surface area contributed by atoms with Gasteiger partial charge in [0.05, 0.1) is 10.4 Å². The summed E-state index contributed by atoms with van der Waals surface area (Å²) in [6, 6.07) is 0. The highest BCUT2D eigenvalue weighted by Gasteiger charge is 2.44. The number of nitrogens with zero attached hydrogens (tertiary/aromatic N) is 2. The van der Waals surface area contributed by atoms with Crippen molar-refractivity contribution in [2.75, 3.05) is 0 Å². The molecule has 0 unspecified atom stereocenters. The zero-order chi connectivity index (χ0) is 9.85. The quantitative estimate of drug-likeness (QED) is 0.624. The lowest BCUT2D eigenvalue weighted by Crippen LogP contribution is -2.21. The molecule has 0 aromatic carbocycles. The van der Waals surface area contributed by atoms with Crippen LogP contribution in [0.15, 0.2) is 31.3 Å². The molecule has 13 heavy (non-hydrogen) atoms. The number of halogens is 1. The molecule has 2 heterocycles. The van der Waals surface area contributed by atoms with Crippen molar-refractivity contribution in [3.05, 3.63) is 21.0 Å². The first-order valence-corrected chi connectivity index (χ1v) is 5.57. The van der Waals surface area contributed by atoms with Gasteiger partial charge in [-0.15, -0.1) is 0 Å². The summed E-state index contributed by atoms with van der Waals surface area (Å²) in [6.45, 7) is 3.39. The smallest absolute Gasteiger partial charge is 0.202 e. The molecule has 0 atom stereocenters. The van der Waals surface area contributed by atoms with Gasteiger partial charge in [0.15, 0.2) is 0 Å². The molecule has 2 aliphatic rings. The van der Waals surface area contributed by atoms with Crippen molar-refractivity contribution in [3.8, 4) is 0 Å². The molecular weight excluding hydrogens is 212 g/mol. The molecule has 0 saturated heterocycles. The third kappa shape index (κ3) is 1.07. The summed E-state index contributed by atoms with van der Waals surface area (Å²) in [6.07, 6.45) is 0. The van der Waals surface area contributed by atoms with Gasteiger partial charge in [-0.2, -0.15) is 10.2 Å². The highest BCUT2D eigenvalue weighted by Crippen LogP contribution is 2.44. The van der Waals surface area contributed by atoms with Crippen LogP contribution in [-0.4, -0.2) is 14.0 Å². The molecule has 2 aliphatic heterocycles. The van der Waals surface area contributed by atoms with Gasteiger partial charge in [0.25, 0.3) is 0 Å². The van der Waals surface area contributed by atoms with Crippen LogP contribution < -0.4 is 0 Å². The molecule has 0 radical (unpaired) electrons. The first kappa shape index (κ1) is 8.90. The van der Waals surface area contributed by atoms with Crippen LogP contribution in [0.25, 0.3) is 0 Å². The predicted octanol–water partition coefficient (Wildman–Crippen LogP) is 1.95. The first-order chi connectivity index (χ1) is 5.84. The molecular formula is C7H7ClN2O2S. The second-order valence-corrected chi connectivity index (χ2v) is 5.59. The Morgan fingerprint density at radius 3 is 2.62 bits per heavy atom. The van der Waals surface area contributed by atoms with Crippen molar-refractivity contribution < 1.29 is 8.42 Å². The van der Waals surface area contributed by atoms with Gasteiger partial charge in [0.1, 0.15) is 16.1 Å². The average molecular weight is 219 g/mol. The second kappa shape index (κ2) is 2.22. The lowest BCUT2D eigenvalue weighted by atomic mass is 10.1. The Morgan fingerprint density at radius 2 is 2.08 bits per heavy atom. The summed E-state index contributed by atoms with van der Waals surface area (Å²) in [5, 5.41) is 8.78. The highest BCUT2D eigenvalue weighted by atomic mass is 35.5. The van der Waals surface area contributed by atoms with Gasteiger partial charge >= 0.3 is 0 Å². The summed E-state index contributed by atoms with van der Waals surface area (Å²) in [4.78, 5) is 0.213. The van der Waals surface area contributed by atoms with E-state index in [1.807, 2.05) is 0 Å². The second-order valence-electron chi connectivity index (χ2n) is 3.45. The monoisotopic (exact) mass is 218 g/mol. The van der Waals surface area contributed by atoms with Crippen LogP contribution in [0.5, 0.6) is 0 Å². The van der Waals surface area contributed by atoms with Crippen LogP contribution >= 0.6 is 11.6 Å². The fourth-order valence-corrected chi connectivity index (χ4v) is 3.65. The third-order valence-corrected chi connectivity index (χ3v) is 4.17. The van der Waals surface area contributed by atoms with Gasteiger partial charge in [-0.25, -0.2) is 8.42 Å². The Bertz CT molecular complexity index is 471. The van der Waals surface area contributed by atoms with Gasteiger partial charge in [0, 0.05) is 0 Å². The van der Waals surface area contributed by atoms with E-state index in [1.165, 1.54) is 0 Å². The van der Waals surface area contributed by atoms with Crippen LogP contribution in [-0.2, 0) is 9.84 Å². The largest absolute Gasteiger partial charge is 0.219 e. The number of hydrogen-bond donors (Lipinski definition) is 0.